The SMILES string of the molecule is COc1cc2c(cc1NC(=O)c1ccc(C#N)cc1)oc1ccccc12. The Balaban J connectivity index is 1.74. The summed E-state index contributed by atoms with van der Waals surface area (Å²) in [5.74, 6) is 0.259. The van der Waals surface area contributed by atoms with Crippen LogP contribution in [-0.4, -0.2) is 13.0 Å². The van der Waals surface area contributed by atoms with Crippen LogP contribution in [0.3, 0.4) is 0 Å². The van der Waals surface area contributed by atoms with Crippen molar-refractivity contribution in [3.05, 3.63) is 71.8 Å². The van der Waals surface area contributed by atoms with Crippen molar-refractivity contribution in [2.24, 2.45) is 0 Å². The van der Waals surface area contributed by atoms with E-state index in [1.54, 1.807) is 37.4 Å². The fraction of sp³-hybridized carbons (Fsp3) is 0.0476. The van der Waals surface area contributed by atoms with Gasteiger partial charge in [-0.2, -0.15) is 5.26 Å². The average Bonchev–Trinajstić information content (AvgIpc) is 3.04. The molecule has 0 unspecified atom stereocenters. The van der Waals surface area contributed by atoms with E-state index in [0.29, 0.717) is 28.1 Å². The number of benzene rings is 3. The summed E-state index contributed by atoms with van der Waals surface area (Å²) < 4.78 is 11.3. The number of carbonyl (C=O) groups is 1. The van der Waals surface area contributed by atoms with E-state index in [2.05, 4.69) is 5.32 Å². The molecule has 26 heavy (non-hydrogen) atoms. The maximum Gasteiger partial charge on any atom is 0.255 e. The van der Waals surface area contributed by atoms with Gasteiger partial charge in [0.05, 0.1) is 24.4 Å². The lowest BCUT2D eigenvalue weighted by molar-refractivity contribution is 0.102. The molecular formula is C21H14N2O3. The van der Waals surface area contributed by atoms with Gasteiger partial charge < -0.3 is 14.5 Å². The molecule has 0 aliphatic carbocycles. The molecule has 4 rings (SSSR count). The molecule has 1 N–H and O–H groups in total. The smallest absolute Gasteiger partial charge is 0.255 e. The molecule has 5 nitrogen and oxygen atoms in total. The largest absolute Gasteiger partial charge is 0.495 e. The molecule has 3 aromatic carbocycles. The monoisotopic (exact) mass is 342 g/mol. The molecule has 1 amide bonds. The van der Waals surface area contributed by atoms with E-state index in [4.69, 9.17) is 14.4 Å². The van der Waals surface area contributed by atoms with Crippen LogP contribution < -0.4 is 10.1 Å². The Morgan fingerprint density at radius 3 is 2.54 bits per heavy atom. The molecular weight excluding hydrogens is 328 g/mol. The van der Waals surface area contributed by atoms with Crippen molar-refractivity contribution in [3.8, 4) is 11.8 Å². The van der Waals surface area contributed by atoms with Gasteiger partial charge in [0.25, 0.3) is 5.91 Å². The highest BCUT2D eigenvalue weighted by atomic mass is 16.5. The Labute approximate surface area is 149 Å². The summed E-state index contributed by atoms with van der Waals surface area (Å²) in [6, 6.07) is 19.8. The van der Waals surface area contributed by atoms with Crippen molar-refractivity contribution < 1.29 is 13.9 Å². The lowest BCUT2D eigenvalue weighted by Crippen LogP contribution is -2.12. The van der Waals surface area contributed by atoms with Gasteiger partial charge in [-0.3, -0.25) is 4.79 Å². The molecule has 126 valence electrons. The number of fused-ring (bicyclic) bond motifs is 3. The Morgan fingerprint density at radius 1 is 1.04 bits per heavy atom. The Bertz CT molecular complexity index is 1170. The second-order valence-electron chi connectivity index (χ2n) is 5.79. The number of para-hydroxylation sites is 1. The molecule has 0 aliphatic heterocycles. The summed E-state index contributed by atoms with van der Waals surface area (Å²) in [6.07, 6.45) is 0. The van der Waals surface area contributed by atoms with Gasteiger partial charge in [-0.05, 0) is 36.4 Å². The third kappa shape index (κ3) is 2.64. The number of hydrogen-bond donors (Lipinski definition) is 1. The van der Waals surface area contributed by atoms with Crippen LogP contribution in [0, 0.1) is 11.3 Å². The van der Waals surface area contributed by atoms with E-state index < -0.39 is 0 Å². The van der Waals surface area contributed by atoms with Crippen molar-refractivity contribution in [2.75, 3.05) is 12.4 Å². The minimum atomic E-state index is -0.289. The topological polar surface area (TPSA) is 75.3 Å². The summed E-state index contributed by atoms with van der Waals surface area (Å²) in [7, 11) is 1.56. The predicted molar refractivity (Wildman–Crippen MR) is 99.4 cm³/mol. The highest BCUT2D eigenvalue weighted by molar-refractivity contribution is 6.10. The molecule has 5 heteroatoms. The van der Waals surface area contributed by atoms with Crippen LogP contribution in [0.2, 0.25) is 0 Å². The summed E-state index contributed by atoms with van der Waals surface area (Å²) in [4.78, 5) is 12.5. The van der Waals surface area contributed by atoms with Gasteiger partial charge in [0.2, 0.25) is 0 Å². The highest BCUT2D eigenvalue weighted by Gasteiger charge is 2.15. The van der Waals surface area contributed by atoms with Crippen molar-refractivity contribution in [1.29, 1.82) is 5.26 Å². The zero-order valence-corrected chi connectivity index (χ0v) is 13.9. The number of nitrogens with one attached hydrogen (secondary N) is 1. The Kier molecular flexibility index (Phi) is 3.79. The highest BCUT2D eigenvalue weighted by Crippen LogP contribution is 2.36. The quantitative estimate of drug-likeness (QED) is 0.584. The van der Waals surface area contributed by atoms with E-state index in [-0.39, 0.29) is 5.91 Å². The van der Waals surface area contributed by atoms with Crippen LogP contribution in [0.1, 0.15) is 15.9 Å². The van der Waals surface area contributed by atoms with Crippen LogP contribution in [0.15, 0.2) is 65.1 Å². The Morgan fingerprint density at radius 2 is 1.81 bits per heavy atom. The first-order valence-corrected chi connectivity index (χ1v) is 8.00. The Hall–Kier alpha value is -3.78. The van der Waals surface area contributed by atoms with Gasteiger partial charge >= 0.3 is 0 Å². The molecule has 0 aliphatic rings. The van der Waals surface area contributed by atoms with Crippen molar-refractivity contribution in [2.45, 2.75) is 0 Å². The number of hydrogen-bond acceptors (Lipinski definition) is 4. The van der Waals surface area contributed by atoms with Gasteiger partial charge in [-0.1, -0.05) is 18.2 Å². The average molecular weight is 342 g/mol. The van der Waals surface area contributed by atoms with Crippen LogP contribution in [0.5, 0.6) is 5.75 Å². The zero-order chi connectivity index (χ0) is 18.1. The van der Waals surface area contributed by atoms with Gasteiger partial charge in [-0.15, -0.1) is 0 Å². The fourth-order valence-electron chi connectivity index (χ4n) is 2.91. The number of amides is 1. The number of carbonyl (C=O) groups excluding carboxylic acids is 1. The maximum atomic E-state index is 12.5. The van der Waals surface area contributed by atoms with Crippen LogP contribution in [-0.2, 0) is 0 Å². The number of rotatable bonds is 3. The van der Waals surface area contributed by atoms with E-state index in [1.165, 1.54) is 0 Å². The predicted octanol–water partition coefficient (Wildman–Crippen LogP) is 4.72. The maximum absolute atomic E-state index is 12.5. The first-order chi connectivity index (χ1) is 12.7. The number of anilines is 1. The molecule has 0 fully saturated rings. The minimum Gasteiger partial charge on any atom is -0.495 e. The molecule has 0 atom stereocenters. The number of nitrogens with zero attached hydrogens (tertiary/aromatic N) is 1. The normalized spacial score (nSPS) is 10.6. The second-order valence-corrected chi connectivity index (χ2v) is 5.79. The molecule has 0 spiro atoms. The molecule has 1 aromatic heterocycles. The van der Waals surface area contributed by atoms with Crippen molar-refractivity contribution >= 4 is 33.5 Å². The lowest BCUT2D eigenvalue weighted by Gasteiger charge is -2.10. The van der Waals surface area contributed by atoms with Crippen LogP contribution in [0.25, 0.3) is 21.9 Å². The molecule has 0 saturated heterocycles. The number of furan rings is 1. The molecule has 1 heterocycles. The number of ether oxygens (including phenoxy) is 1. The molecule has 0 radical (unpaired) electrons. The third-order valence-corrected chi connectivity index (χ3v) is 4.22. The van der Waals surface area contributed by atoms with Gasteiger partial charge in [0.1, 0.15) is 16.9 Å². The van der Waals surface area contributed by atoms with Gasteiger partial charge in [0, 0.05) is 22.4 Å². The first-order valence-electron chi connectivity index (χ1n) is 8.00. The molecule has 4 aromatic rings. The molecule has 0 saturated carbocycles. The first kappa shape index (κ1) is 15.7. The van der Waals surface area contributed by atoms with Crippen molar-refractivity contribution in [3.63, 3.8) is 0 Å². The standard InChI is InChI=1S/C21H14N2O3/c1-25-20-10-16-15-4-2-3-5-18(15)26-19(16)11-17(20)23-21(24)14-8-6-13(12-22)7-9-14/h2-11H,1H3,(H,23,24). The van der Waals surface area contributed by atoms with Crippen LogP contribution in [0.4, 0.5) is 5.69 Å². The zero-order valence-electron chi connectivity index (χ0n) is 13.9. The number of methoxy groups -OCH3 is 1. The van der Waals surface area contributed by atoms with Crippen molar-refractivity contribution in [1.82, 2.24) is 0 Å². The fourth-order valence-corrected chi connectivity index (χ4v) is 2.91. The van der Waals surface area contributed by atoms with E-state index >= 15 is 0 Å². The van der Waals surface area contributed by atoms with Crippen LogP contribution >= 0.6 is 0 Å². The third-order valence-electron chi connectivity index (χ3n) is 4.22. The van der Waals surface area contributed by atoms with E-state index in [1.807, 2.05) is 36.4 Å². The second kappa shape index (κ2) is 6.26. The lowest BCUT2D eigenvalue weighted by atomic mass is 10.1. The summed E-state index contributed by atoms with van der Waals surface area (Å²) >= 11 is 0. The van der Waals surface area contributed by atoms with Gasteiger partial charge in [0.15, 0.2) is 0 Å². The summed E-state index contributed by atoms with van der Waals surface area (Å²) in [5, 5.41) is 13.6. The minimum absolute atomic E-state index is 0.289. The molecule has 0 bridgehead atoms. The van der Waals surface area contributed by atoms with E-state index in [0.717, 1.165) is 16.4 Å². The number of nitriles is 1. The van der Waals surface area contributed by atoms with E-state index in [9.17, 15) is 4.79 Å². The summed E-state index contributed by atoms with van der Waals surface area (Å²) in [5.41, 5.74) is 2.93. The van der Waals surface area contributed by atoms with Gasteiger partial charge in [-0.25, -0.2) is 0 Å². The summed E-state index contributed by atoms with van der Waals surface area (Å²) in [6.45, 7) is 0.